The number of benzene rings is 1. The predicted octanol–water partition coefficient (Wildman–Crippen LogP) is 3.42. The van der Waals surface area contributed by atoms with Crippen LogP contribution in [0.4, 0.5) is 11.4 Å². The van der Waals surface area contributed by atoms with Gasteiger partial charge in [0.25, 0.3) is 0 Å². The first kappa shape index (κ1) is 11.3. The molecule has 18 heavy (non-hydrogen) atoms. The maximum absolute atomic E-state index is 5.79. The molecule has 0 bridgehead atoms. The maximum Gasteiger partial charge on any atom is 0.0743 e. The lowest BCUT2D eigenvalue weighted by Gasteiger charge is -2.15. The number of rotatable bonds is 4. The van der Waals surface area contributed by atoms with Gasteiger partial charge in [-0.1, -0.05) is 6.92 Å². The van der Waals surface area contributed by atoms with Crippen LogP contribution in [-0.4, -0.2) is 11.5 Å². The van der Waals surface area contributed by atoms with Gasteiger partial charge in [0.2, 0.25) is 0 Å². The van der Waals surface area contributed by atoms with Crippen LogP contribution in [0.2, 0.25) is 0 Å². The van der Waals surface area contributed by atoms with Gasteiger partial charge in [0.1, 0.15) is 0 Å². The van der Waals surface area contributed by atoms with E-state index in [1.165, 1.54) is 24.9 Å². The molecule has 0 saturated heterocycles. The molecule has 0 atom stereocenters. The zero-order valence-electron chi connectivity index (χ0n) is 10.7. The number of anilines is 2. The minimum atomic E-state index is 0.545. The standard InChI is InChI=1S/C15H19N3/c1-2-15(6-7-15)10-18-13-5-8-17-14-9-11(16)3-4-12(13)14/h3-5,8-9H,2,6-7,10,16H2,1H3,(H,17,18). The van der Waals surface area contributed by atoms with E-state index in [9.17, 15) is 0 Å². The molecule has 1 aliphatic carbocycles. The highest BCUT2D eigenvalue weighted by Gasteiger charge is 2.40. The number of nitrogens with zero attached hydrogens (tertiary/aromatic N) is 1. The van der Waals surface area contributed by atoms with Crippen molar-refractivity contribution in [1.29, 1.82) is 0 Å². The fourth-order valence-corrected chi connectivity index (χ4v) is 2.43. The topological polar surface area (TPSA) is 50.9 Å². The SMILES string of the molecule is CCC1(CNc2ccnc3cc(N)ccc23)CC1. The first-order chi connectivity index (χ1) is 8.72. The van der Waals surface area contributed by atoms with Crippen LogP contribution in [0, 0.1) is 5.41 Å². The number of pyridine rings is 1. The van der Waals surface area contributed by atoms with Gasteiger partial charge in [0.15, 0.2) is 0 Å². The summed E-state index contributed by atoms with van der Waals surface area (Å²) in [6.07, 6.45) is 5.81. The second kappa shape index (κ2) is 4.16. The van der Waals surface area contributed by atoms with Crippen LogP contribution in [0.5, 0.6) is 0 Å². The van der Waals surface area contributed by atoms with Gasteiger partial charge < -0.3 is 11.1 Å². The minimum Gasteiger partial charge on any atom is -0.399 e. The van der Waals surface area contributed by atoms with E-state index in [1.807, 2.05) is 30.5 Å². The van der Waals surface area contributed by atoms with Gasteiger partial charge >= 0.3 is 0 Å². The summed E-state index contributed by atoms with van der Waals surface area (Å²) in [6, 6.07) is 7.95. The fraction of sp³-hybridized carbons (Fsp3) is 0.400. The highest BCUT2D eigenvalue weighted by Crippen LogP contribution is 2.48. The Balaban J connectivity index is 1.87. The van der Waals surface area contributed by atoms with E-state index in [0.717, 1.165) is 23.1 Å². The second-order valence-corrected chi connectivity index (χ2v) is 5.34. The Morgan fingerprint density at radius 1 is 1.33 bits per heavy atom. The lowest BCUT2D eigenvalue weighted by Crippen LogP contribution is -2.14. The van der Waals surface area contributed by atoms with Crippen molar-refractivity contribution in [3.63, 3.8) is 0 Å². The minimum absolute atomic E-state index is 0.545. The van der Waals surface area contributed by atoms with Crippen LogP contribution >= 0.6 is 0 Å². The average Bonchev–Trinajstić information content (AvgIpc) is 3.16. The maximum atomic E-state index is 5.79. The molecule has 1 aromatic heterocycles. The Bertz CT molecular complexity index is 573. The van der Waals surface area contributed by atoms with Crippen molar-refractivity contribution in [2.45, 2.75) is 26.2 Å². The Morgan fingerprint density at radius 2 is 2.17 bits per heavy atom. The number of hydrogen-bond acceptors (Lipinski definition) is 3. The zero-order chi connectivity index (χ0) is 12.6. The smallest absolute Gasteiger partial charge is 0.0743 e. The lowest BCUT2D eigenvalue weighted by molar-refractivity contribution is 0.522. The van der Waals surface area contributed by atoms with Crippen LogP contribution in [0.25, 0.3) is 10.9 Å². The molecule has 94 valence electrons. The number of hydrogen-bond donors (Lipinski definition) is 2. The quantitative estimate of drug-likeness (QED) is 0.806. The molecule has 0 spiro atoms. The van der Waals surface area contributed by atoms with Crippen molar-refractivity contribution in [1.82, 2.24) is 4.98 Å². The van der Waals surface area contributed by atoms with Crippen molar-refractivity contribution >= 4 is 22.3 Å². The van der Waals surface area contributed by atoms with E-state index in [-0.39, 0.29) is 0 Å². The van der Waals surface area contributed by atoms with Crippen molar-refractivity contribution in [3.05, 3.63) is 30.5 Å². The summed E-state index contributed by atoms with van der Waals surface area (Å²) >= 11 is 0. The number of nitrogens with one attached hydrogen (secondary N) is 1. The molecule has 1 heterocycles. The first-order valence-electron chi connectivity index (χ1n) is 6.61. The van der Waals surface area contributed by atoms with E-state index in [2.05, 4.69) is 17.2 Å². The van der Waals surface area contributed by atoms with E-state index in [1.54, 1.807) is 0 Å². The molecular weight excluding hydrogens is 222 g/mol. The third-order valence-corrected chi connectivity index (χ3v) is 4.13. The van der Waals surface area contributed by atoms with Crippen molar-refractivity contribution in [3.8, 4) is 0 Å². The van der Waals surface area contributed by atoms with Crippen molar-refractivity contribution < 1.29 is 0 Å². The highest BCUT2D eigenvalue weighted by atomic mass is 14.9. The predicted molar refractivity (Wildman–Crippen MR) is 76.6 cm³/mol. The van der Waals surface area contributed by atoms with Gasteiger partial charge in [-0.15, -0.1) is 0 Å². The van der Waals surface area contributed by atoms with Gasteiger partial charge in [0.05, 0.1) is 5.52 Å². The zero-order valence-corrected chi connectivity index (χ0v) is 10.7. The fourth-order valence-electron chi connectivity index (χ4n) is 2.43. The molecule has 1 aromatic carbocycles. The summed E-state index contributed by atoms with van der Waals surface area (Å²) in [6.45, 7) is 3.34. The average molecular weight is 241 g/mol. The second-order valence-electron chi connectivity index (χ2n) is 5.34. The van der Waals surface area contributed by atoms with E-state index < -0.39 is 0 Å². The summed E-state index contributed by atoms with van der Waals surface area (Å²) in [5.74, 6) is 0. The van der Waals surface area contributed by atoms with Gasteiger partial charge in [-0.05, 0) is 48.9 Å². The van der Waals surface area contributed by atoms with Crippen LogP contribution < -0.4 is 11.1 Å². The number of nitrogen functional groups attached to an aromatic ring is 1. The molecule has 0 aliphatic heterocycles. The third kappa shape index (κ3) is 2.01. The van der Waals surface area contributed by atoms with Crippen molar-refractivity contribution in [2.75, 3.05) is 17.6 Å². The molecule has 0 radical (unpaired) electrons. The van der Waals surface area contributed by atoms with Crippen LogP contribution in [-0.2, 0) is 0 Å². The molecule has 0 unspecified atom stereocenters. The summed E-state index contributed by atoms with van der Waals surface area (Å²) in [5, 5.41) is 4.73. The number of fused-ring (bicyclic) bond motifs is 1. The normalized spacial score (nSPS) is 16.7. The summed E-state index contributed by atoms with van der Waals surface area (Å²) in [7, 11) is 0. The Hall–Kier alpha value is -1.77. The Morgan fingerprint density at radius 3 is 2.89 bits per heavy atom. The largest absolute Gasteiger partial charge is 0.399 e. The molecule has 1 fully saturated rings. The summed E-state index contributed by atoms with van der Waals surface area (Å²) in [4.78, 5) is 4.36. The first-order valence-corrected chi connectivity index (χ1v) is 6.61. The van der Waals surface area contributed by atoms with E-state index in [4.69, 9.17) is 5.73 Å². The summed E-state index contributed by atoms with van der Waals surface area (Å²) in [5.41, 5.74) is 9.22. The molecule has 3 rings (SSSR count). The van der Waals surface area contributed by atoms with Gasteiger partial charge in [0, 0.05) is 29.5 Å². The van der Waals surface area contributed by atoms with E-state index >= 15 is 0 Å². The molecule has 2 aromatic rings. The van der Waals surface area contributed by atoms with Crippen molar-refractivity contribution in [2.24, 2.45) is 5.41 Å². The lowest BCUT2D eigenvalue weighted by atomic mass is 10.0. The summed E-state index contributed by atoms with van der Waals surface area (Å²) < 4.78 is 0. The molecule has 3 N–H and O–H groups in total. The number of aromatic nitrogens is 1. The molecule has 3 nitrogen and oxygen atoms in total. The monoisotopic (exact) mass is 241 g/mol. The highest BCUT2D eigenvalue weighted by molar-refractivity contribution is 5.92. The molecule has 0 amide bonds. The van der Waals surface area contributed by atoms with Crippen LogP contribution in [0.1, 0.15) is 26.2 Å². The van der Waals surface area contributed by atoms with Crippen LogP contribution in [0.15, 0.2) is 30.5 Å². The molecule has 1 saturated carbocycles. The van der Waals surface area contributed by atoms with Gasteiger partial charge in [-0.25, -0.2) is 0 Å². The molecule has 3 heteroatoms. The van der Waals surface area contributed by atoms with E-state index in [0.29, 0.717) is 5.41 Å². The Kier molecular flexibility index (Phi) is 2.62. The number of nitrogens with two attached hydrogens (primary N) is 1. The van der Waals surface area contributed by atoms with Gasteiger partial charge in [-0.3, -0.25) is 4.98 Å². The Labute approximate surface area is 107 Å². The molecule has 1 aliphatic rings. The third-order valence-electron chi connectivity index (χ3n) is 4.13. The molecular formula is C15H19N3. The van der Waals surface area contributed by atoms with Gasteiger partial charge in [-0.2, -0.15) is 0 Å². The van der Waals surface area contributed by atoms with Crippen LogP contribution in [0.3, 0.4) is 0 Å².